The van der Waals surface area contributed by atoms with E-state index in [1.54, 1.807) is 116 Å². The van der Waals surface area contributed by atoms with Crippen molar-refractivity contribution in [1.29, 1.82) is 0 Å². The number of hydrogen-bond acceptors (Lipinski definition) is 27. The van der Waals surface area contributed by atoms with Gasteiger partial charge >= 0.3 is 18.0 Å². The molecule has 10 rings (SSSR count). The summed E-state index contributed by atoms with van der Waals surface area (Å²) in [6.45, 7) is 1.65. The zero-order valence-electron chi connectivity index (χ0n) is 47.7. The number of ether oxygens (including phenoxy) is 9. The number of nitrogens with two attached hydrogens (primary N) is 4. The lowest BCUT2D eigenvalue weighted by Crippen LogP contribution is -2.34. The van der Waals surface area contributed by atoms with E-state index in [2.05, 4.69) is 20.4 Å². The van der Waals surface area contributed by atoms with Crippen LogP contribution >= 0.6 is 0 Å². The maximum atomic E-state index is 11.3. The molecule has 0 radical (unpaired) electrons. The molecule has 9 N–H and O–H groups in total. The maximum absolute atomic E-state index is 11.3. The molecule has 0 aliphatic heterocycles. The second-order valence-corrected chi connectivity index (χ2v) is 17.6. The Kier molecular flexibility index (Phi) is 24.2. The van der Waals surface area contributed by atoms with Crippen LogP contribution in [-0.2, 0) is 27.5 Å². The highest BCUT2D eigenvalue weighted by Crippen LogP contribution is 2.36. The summed E-state index contributed by atoms with van der Waals surface area (Å²) in [5.41, 5.74) is 18.9. The predicted molar refractivity (Wildman–Crippen MR) is 322 cm³/mol. The predicted octanol–water partition coefficient (Wildman–Crippen LogP) is 10.6. The molecule has 31 nitrogen and oxygen atoms in total. The minimum Gasteiger partial charge on any atom is -0.480 e. The van der Waals surface area contributed by atoms with Crippen LogP contribution in [0.3, 0.4) is 0 Å². The van der Waals surface area contributed by atoms with Crippen LogP contribution in [0.15, 0.2) is 203 Å². The van der Waals surface area contributed by atoms with E-state index in [1.807, 2.05) is 17.6 Å². The normalized spacial score (nSPS) is 10.1. The van der Waals surface area contributed by atoms with Crippen molar-refractivity contribution in [3.05, 3.63) is 236 Å². The topological polar surface area (TPSA) is 441 Å². The van der Waals surface area contributed by atoms with Crippen molar-refractivity contribution in [3.8, 4) is 69.0 Å². The Morgan fingerprint density at radius 3 is 1.01 bits per heavy atom. The van der Waals surface area contributed by atoms with Crippen molar-refractivity contribution >= 4 is 46.7 Å². The third-order valence-electron chi connectivity index (χ3n) is 11.2. The van der Waals surface area contributed by atoms with Crippen LogP contribution in [-0.4, -0.2) is 66.9 Å². The monoisotopic (exact) mass is 1250 g/mol. The van der Waals surface area contributed by atoms with Gasteiger partial charge in [-0.3, -0.25) is 40.6 Å². The summed E-state index contributed by atoms with van der Waals surface area (Å²) in [6.07, 6.45) is 0. The summed E-state index contributed by atoms with van der Waals surface area (Å²) in [7, 11) is 0. The number of nitrogen functional groups attached to an aromatic ring is 3. The standard InChI is InChI=1S/C16H15NO6.C15H12N4O5.C15H14N4O3.C14H13N3O5/c1-2-21-16(18)11-22-14-5-3-4-6-15(14)23-13-9-7-12(8-10-13)17(19)20;16-15-18-17-14(24-15)9-22-12-3-1-2-4-13(12)23-11-7-5-10(6-8-11)19(20)21;16-10-5-7-11(8-6-10)21-13-4-2-1-3-12(13)20-9-14-18-19-15(17)22-14;15-16-14(18)9-21-12-3-1-2-4-13(12)22-11-7-5-10(6-8-11)17(19)20/h3-10H,2,11H2,1H3;1-8H,9H2,(H2,16,18);1-8H,9,16H2,(H2,17,19);1-8H,9,15H2,(H,16,18). The SMILES string of the molecule is CCOC(=O)COc1ccccc1Oc1ccc([N+](=O)[O-])cc1.NNC(=O)COc1ccccc1Oc1ccc([N+](=O)[O-])cc1.Nc1ccc(Oc2ccccc2OCc2nnc(N)o2)cc1.Nc1nnc(COc2ccccc2Oc2ccc([N+](=O)[O-])cc2)o1. The molecule has 31 heteroatoms. The molecule has 91 heavy (non-hydrogen) atoms. The average Bonchev–Trinajstić information content (AvgIpc) is 2.54. The number of nitro groups is 3. The zero-order valence-corrected chi connectivity index (χ0v) is 47.7. The molecule has 0 unspecified atom stereocenters. The molecule has 8 aromatic carbocycles. The van der Waals surface area contributed by atoms with Gasteiger partial charge in [-0.15, -0.1) is 10.2 Å². The lowest BCUT2D eigenvalue weighted by Gasteiger charge is -2.11. The van der Waals surface area contributed by atoms with E-state index in [9.17, 15) is 39.9 Å². The van der Waals surface area contributed by atoms with E-state index in [0.29, 0.717) is 80.6 Å². The van der Waals surface area contributed by atoms with Crippen molar-refractivity contribution < 1.29 is 75.8 Å². The molecule has 0 atom stereocenters. The second-order valence-electron chi connectivity index (χ2n) is 17.6. The Hall–Kier alpha value is -13.1. The number of hydrogen-bond donors (Lipinski definition) is 5. The quantitative estimate of drug-likeness (QED) is 0.00937. The van der Waals surface area contributed by atoms with Gasteiger partial charge in [-0.1, -0.05) is 58.7 Å². The molecule has 0 aliphatic carbocycles. The van der Waals surface area contributed by atoms with E-state index >= 15 is 0 Å². The molecule has 0 fully saturated rings. The number of non-ortho nitro benzene ring substituents is 3. The smallest absolute Gasteiger partial charge is 0.344 e. The summed E-state index contributed by atoms with van der Waals surface area (Å²) in [5, 5.41) is 46.4. The number of benzene rings is 8. The van der Waals surface area contributed by atoms with Crippen LogP contribution in [0, 0.1) is 30.3 Å². The first-order valence-corrected chi connectivity index (χ1v) is 26.5. The maximum Gasteiger partial charge on any atom is 0.344 e. The van der Waals surface area contributed by atoms with E-state index in [0.717, 1.165) is 0 Å². The van der Waals surface area contributed by atoms with Gasteiger partial charge in [0.05, 0.1) is 21.4 Å². The van der Waals surface area contributed by atoms with Crippen LogP contribution in [0.25, 0.3) is 0 Å². The van der Waals surface area contributed by atoms with Gasteiger partial charge in [0.25, 0.3) is 34.8 Å². The van der Waals surface area contributed by atoms with Gasteiger partial charge in [0.2, 0.25) is 0 Å². The van der Waals surface area contributed by atoms with Crippen molar-refractivity contribution in [3.63, 3.8) is 0 Å². The number of aromatic nitrogens is 4. The number of para-hydroxylation sites is 8. The van der Waals surface area contributed by atoms with Gasteiger partial charge in [-0.05, 0) is 116 Å². The molecule has 1 amide bonds. The lowest BCUT2D eigenvalue weighted by molar-refractivity contribution is -0.385. The lowest BCUT2D eigenvalue weighted by atomic mass is 10.3. The number of rotatable bonds is 24. The third-order valence-corrected chi connectivity index (χ3v) is 11.2. The van der Waals surface area contributed by atoms with Crippen molar-refractivity contribution in [2.45, 2.75) is 20.1 Å². The van der Waals surface area contributed by atoms with Gasteiger partial charge in [0.15, 0.2) is 72.4 Å². The fourth-order valence-corrected chi connectivity index (χ4v) is 7.02. The van der Waals surface area contributed by atoms with Crippen molar-refractivity contribution in [2.24, 2.45) is 5.84 Å². The Morgan fingerprint density at radius 1 is 0.429 bits per heavy atom. The second kappa shape index (κ2) is 33.6. The summed E-state index contributed by atoms with van der Waals surface area (Å²) in [5.74, 6) is 9.98. The minimum atomic E-state index is -0.494. The minimum absolute atomic E-state index is 0.00464. The number of nitro benzene ring substituents is 3. The largest absolute Gasteiger partial charge is 0.480 e. The summed E-state index contributed by atoms with van der Waals surface area (Å²) in [4.78, 5) is 52.9. The highest BCUT2D eigenvalue weighted by atomic mass is 16.6. The fraction of sp³-hybridized carbons (Fsp3) is 0.100. The molecule has 0 aliphatic rings. The van der Waals surface area contributed by atoms with E-state index < -0.39 is 26.6 Å². The van der Waals surface area contributed by atoms with E-state index in [-0.39, 0.29) is 68.0 Å². The fourth-order valence-electron chi connectivity index (χ4n) is 7.02. The molecular formula is C60H54N12O19. The van der Waals surface area contributed by atoms with Crippen LogP contribution < -0.4 is 66.4 Å². The van der Waals surface area contributed by atoms with Crippen LogP contribution in [0.4, 0.5) is 34.8 Å². The molecule has 0 spiro atoms. The average molecular weight is 1250 g/mol. The van der Waals surface area contributed by atoms with E-state index in [4.69, 9.17) is 74.5 Å². The van der Waals surface area contributed by atoms with Gasteiger partial charge in [0, 0.05) is 42.1 Å². The van der Waals surface area contributed by atoms with E-state index in [1.165, 1.54) is 72.8 Å². The highest BCUT2D eigenvalue weighted by molar-refractivity contribution is 5.77. The van der Waals surface area contributed by atoms with Crippen LogP contribution in [0.2, 0.25) is 0 Å². The first-order chi connectivity index (χ1) is 44.0. The number of nitrogens with one attached hydrogen (secondary N) is 1. The molecule has 0 bridgehead atoms. The van der Waals surface area contributed by atoms with Crippen molar-refractivity contribution in [1.82, 2.24) is 25.8 Å². The number of hydrazine groups is 1. The third kappa shape index (κ3) is 21.4. The molecule has 10 aromatic rings. The molecule has 0 saturated heterocycles. The Balaban J connectivity index is 0.000000172. The van der Waals surface area contributed by atoms with Crippen LogP contribution in [0.1, 0.15) is 18.7 Å². The Bertz CT molecular complexity index is 3990. The number of carbonyl (C=O) groups is 2. The Labute approximate surface area is 514 Å². The molecule has 2 aromatic heterocycles. The van der Waals surface area contributed by atoms with Gasteiger partial charge in [-0.25, -0.2) is 10.6 Å². The summed E-state index contributed by atoms with van der Waals surface area (Å²) in [6, 6.07) is 51.9. The van der Waals surface area contributed by atoms with Gasteiger partial charge < -0.3 is 68.7 Å². The van der Waals surface area contributed by atoms with Crippen LogP contribution in [0.5, 0.6) is 69.0 Å². The molecular weight excluding hydrogens is 1190 g/mol. The van der Waals surface area contributed by atoms with Gasteiger partial charge in [-0.2, -0.15) is 0 Å². The molecule has 0 saturated carbocycles. The number of amides is 1. The highest BCUT2D eigenvalue weighted by Gasteiger charge is 2.15. The number of carbonyl (C=O) groups excluding carboxylic acids is 2. The Morgan fingerprint density at radius 2 is 0.725 bits per heavy atom. The molecule has 2 heterocycles. The number of anilines is 3. The number of esters is 1. The first-order valence-electron chi connectivity index (χ1n) is 26.5. The zero-order chi connectivity index (χ0) is 64.9. The summed E-state index contributed by atoms with van der Waals surface area (Å²) >= 11 is 0. The number of nitrogens with zero attached hydrogens (tertiary/aromatic N) is 7. The van der Waals surface area contributed by atoms with Gasteiger partial charge in [0.1, 0.15) is 23.0 Å². The van der Waals surface area contributed by atoms with Crippen molar-refractivity contribution in [2.75, 3.05) is 37.0 Å². The first kappa shape index (κ1) is 65.5. The summed E-state index contributed by atoms with van der Waals surface area (Å²) < 4.78 is 59.5. The molecule has 468 valence electrons.